The van der Waals surface area contributed by atoms with Gasteiger partial charge in [0.2, 0.25) is 0 Å². The maximum absolute atomic E-state index is 2.20. The van der Waals surface area contributed by atoms with Crippen LogP contribution in [0.1, 0.15) is 18.9 Å². The normalized spacial score (nSPS) is 8.50. The molecule has 1 aromatic carbocycles. The molecule has 0 aliphatic rings. The van der Waals surface area contributed by atoms with Crippen LogP contribution in [0.4, 0.5) is 0 Å². The molecular formula is C9H15B. The fourth-order valence-corrected chi connectivity index (χ4v) is 0.933. The molecule has 0 amide bonds. The minimum atomic E-state index is 0. The number of hydrogen-bond donors (Lipinski definition) is 0. The summed E-state index contributed by atoms with van der Waals surface area (Å²) in [6, 6.07) is 10.6. The molecule has 1 aromatic rings. The van der Waals surface area contributed by atoms with Crippen LogP contribution in [-0.2, 0) is 6.42 Å². The van der Waals surface area contributed by atoms with Gasteiger partial charge in [0.05, 0.1) is 8.41 Å². The fourth-order valence-electron chi connectivity index (χ4n) is 0.933. The Morgan fingerprint density at radius 1 is 1.10 bits per heavy atom. The Morgan fingerprint density at radius 3 is 2.20 bits per heavy atom. The first-order valence-electron chi connectivity index (χ1n) is 3.47. The number of aryl methyl sites for hydroxylation is 1. The van der Waals surface area contributed by atoms with E-state index in [1.807, 2.05) is 0 Å². The second-order valence-electron chi connectivity index (χ2n) is 2.24. The first-order valence-corrected chi connectivity index (χ1v) is 3.47. The SMILES string of the molecule is B.CCCc1ccccc1. The van der Waals surface area contributed by atoms with Gasteiger partial charge in [-0.1, -0.05) is 43.7 Å². The summed E-state index contributed by atoms with van der Waals surface area (Å²) in [5.41, 5.74) is 1.44. The predicted octanol–water partition coefficient (Wildman–Crippen LogP) is 1.46. The van der Waals surface area contributed by atoms with Crippen LogP contribution in [0.15, 0.2) is 30.3 Å². The van der Waals surface area contributed by atoms with Crippen molar-refractivity contribution in [3.8, 4) is 0 Å². The highest BCUT2D eigenvalue weighted by Gasteiger charge is 1.84. The molecule has 0 aromatic heterocycles. The third-order valence-corrected chi connectivity index (χ3v) is 1.38. The molecule has 0 N–H and O–H groups in total. The van der Waals surface area contributed by atoms with Gasteiger partial charge in [-0.2, -0.15) is 0 Å². The zero-order chi connectivity index (χ0) is 6.53. The Balaban J connectivity index is 0.000000810. The van der Waals surface area contributed by atoms with Gasteiger partial charge in [-0.3, -0.25) is 0 Å². The molecule has 0 saturated carbocycles. The minimum Gasteiger partial charge on any atom is -0.0651 e. The quantitative estimate of drug-likeness (QED) is 0.537. The van der Waals surface area contributed by atoms with E-state index in [4.69, 9.17) is 0 Å². The summed E-state index contributed by atoms with van der Waals surface area (Å²) < 4.78 is 0. The van der Waals surface area contributed by atoms with Crippen molar-refractivity contribution in [1.82, 2.24) is 0 Å². The predicted molar refractivity (Wildman–Crippen MR) is 50.4 cm³/mol. The standard InChI is InChI=1S/C9H12.BH3/c1-2-6-9-7-4-3-5-8-9;/h3-5,7-8H,2,6H2,1H3;1H3. The van der Waals surface area contributed by atoms with E-state index >= 15 is 0 Å². The fraction of sp³-hybridized carbons (Fsp3) is 0.333. The lowest BCUT2D eigenvalue weighted by molar-refractivity contribution is 0.922. The molecule has 0 aliphatic heterocycles. The van der Waals surface area contributed by atoms with Gasteiger partial charge in [0, 0.05) is 0 Å². The summed E-state index contributed by atoms with van der Waals surface area (Å²) >= 11 is 0. The summed E-state index contributed by atoms with van der Waals surface area (Å²) in [6.45, 7) is 2.20. The van der Waals surface area contributed by atoms with E-state index in [0.29, 0.717) is 0 Å². The van der Waals surface area contributed by atoms with E-state index in [1.54, 1.807) is 0 Å². The van der Waals surface area contributed by atoms with Crippen molar-refractivity contribution in [2.24, 2.45) is 0 Å². The summed E-state index contributed by atoms with van der Waals surface area (Å²) in [4.78, 5) is 0. The molecule has 0 saturated heterocycles. The first kappa shape index (κ1) is 9.28. The molecule has 54 valence electrons. The van der Waals surface area contributed by atoms with Crippen molar-refractivity contribution in [2.75, 3.05) is 0 Å². The lowest BCUT2D eigenvalue weighted by Gasteiger charge is -1.93. The molecule has 10 heavy (non-hydrogen) atoms. The maximum atomic E-state index is 2.20. The van der Waals surface area contributed by atoms with Gasteiger partial charge in [-0.15, -0.1) is 0 Å². The van der Waals surface area contributed by atoms with E-state index < -0.39 is 0 Å². The molecule has 0 radical (unpaired) electrons. The molecule has 0 fully saturated rings. The van der Waals surface area contributed by atoms with Crippen LogP contribution in [0.2, 0.25) is 0 Å². The lowest BCUT2D eigenvalue weighted by Crippen LogP contribution is -1.78. The van der Waals surface area contributed by atoms with Gasteiger partial charge < -0.3 is 0 Å². The van der Waals surface area contributed by atoms with Crippen LogP contribution in [0, 0.1) is 0 Å². The zero-order valence-electron chi connectivity index (χ0n) is 5.80. The third kappa shape index (κ3) is 2.72. The van der Waals surface area contributed by atoms with E-state index in [2.05, 4.69) is 37.3 Å². The summed E-state index contributed by atoms with van der Waals surface area (Å²) in [5, 5.41) is 0. The van der Waals surface area contributed by atoms with Crippen molar-refractivity contribution in [3.63, 3.8) is 0 Å². The van der Waals surface area contributed by atoms with E-state index in [9.17, 15) is 0 Å². The van der Waals surface area contributed by atoms with Gasteiger partial charge in [0.1, 0.15) is 0 Å². The lowest BCUT2D eigenvalue weighted by atomic mass is 10.1. The molecule has 0 nitrogen and oxygen atoms in total. The van der Waals surface area contributed by atoms with Crippen LogP contribution < -0.4 is 0 Å². The highest BCUT2D eigenvalue weighted by molar-refractivity contribution is 5.75. The molecule has 0 bridgehead atoms. The van der Waals surface area contributed by atoms with Gasteiger partial charge >= 0.3 is 0 Å². The highest BCUT2D eigenvalue weighted by Crippen LogP contribution is 2.00. The second kappa shape index (κ2) is 5.10. The Kier molecular flexibility index (Phi) is 4.74. The molecule has 0 spiro atoms. The van der Waals surface area contributed by atoms with Crippen LogP contribution in [0.5, 0.6) is 0 Å². The molecule has 0 unspecified atom stereocenters. The van der Waals surface area contributed by atoms with Crippen LogP contribution in [0.3, 0.4) is 0 Å². The van der Waals surface area contributed by atoms with Crippen LogP contribution in [-0.4, -0.2) is 8.41 Å². The average molecular weight is 134 g/mol. The largest absolute Gasteiger partial charge is 0.0814 e. The van der Waals surface area contributed by atoms with Crippen molar-refractivity contribution in [3.05, 3.63) is 35.9 Å². The second-order valence-corrected chi connectivity index (χ2v) is 2.24. The third-order valence-electron chi connectivity index (χ3n) is 1.38. The minimum absolute atomic E-state index is 0. The first-order chi connectivity index (χ1) is 4.43. The number of rotatable bonds is 2. The van der Waals surface area contributed by atoms with Crippen molar-refractivity contribution in [2.45, 2.75) is 19.8 Å². The Morgan fingerprint density at radius 2 is 1.70 bits per heavy atom. The van der Waals surface area contributed by atoms with Crippen molar-refractivity contribution in [1.29, 1.82) is 0 Å². The number of benzene rings is 1. The molecular weight excluding hydrogens is 119 g/mol. The summed E-state index contributed by atoms with van der Waals surface area (Å²) in [6.07, 6.45) is 2.45. The Labute approximate surface area is 64.8 Å². The van der Waals surface area contributed by atoms with Crippen molar-refractivity contribution < 1.29 is 0 Å². The van der Waals surface area contributed by atoms with Crippen molar-refractivity contribution >= 4 is 8.41 Å². The van der Waals surface area contributed by atoms with Crippen LogP contribution >= 0.6 is 0 Å². The average Bonchev–Trinajstić information content (AvgIpc) is 1.91. The van der Waals surface area contributed by atoms with E-state index in [-0.39, 0.29) is 8.41 Å². The topological polar surface area (TPSA) is 0 Å². The smallest absolute Gasteiger partial charge is 0.0651 e. The Hall–Kier alpha value is -0.715. The van der Waals surface area contributed by atoms with E-state index in [0.717, 1.165) is 0 Å². The highest BCUT2D eigenvalue weighted by atomic mass is 13.9. The molecule has 1 rings (SSSR count). The van der Waals surface area contributed by atoms with Gasteiger partial charge in [-0.25, -0.2) is 0 Å². The molecule has 1 heteroatoms. The van der Waals surface area contributed by atoms with Crippen LogP contribution in [0.25, 0.3) is 0 Å². The summed E-state index contributed by atoms with van der Waals surface area (Å²) in [5.74, 6) is 0. The molecule has 0 atom stereocenters. The summed E-state index contributed by atoms with van der Waals surface area (Å²) in [7, 11) is 0. The van der Waals surface area contributed by atoms with Gasteiger partial charge in [0.15, 0.2) is 0 Å². The van der Waals surface area contributed by atoms with Gasteiger partial charge in [0.25, 0.3) is 0 Å². The maximum Gasteiger partial charge on any atom is 0.0814 e. The molecule has 0 aliphatic carbocycles. The molecule has 0 heterocycles. The van der Waals surface area contributed by atoms with Gasteiger partial charge in [-0.05, 0) is 12.0 Å². The van der Waals surface area contributed by atoms with E-state index in [1.165, 1.54) is 18.4 Å². The Bertz CT molecular complexity index is 158. The zero-order valence-corrected chi connectivity index (χ0v) is 5.80. The monoisotopic (exact) mass is 134 g/mol. The number of hydrogen-bond acceptors (Lipinski definition) is 0.